The minimum Gasteiger partial charge on any atom is -0.462 e. The molecule has 1 aromatic rings. The molecule has 0 aliphatic carbocycles. The van der Waals surface area contributed by atoms with Gasteiger partial charge in [0.05, 0.1) is 6.61 Å². The van der Waals surface area contributed by atoms with Gasteiger partial charge in [0.1, 0.15) is 0 Å². The van der Waals surface area contributed by atoms with Crippen LogP contribution in [-0.4, -0.2) is 24.3 Å². The SMILES string of the molecule is N/C(=C\C(=O)OCCCO)c1ccccc1. The Morgan fingerprint density at radius 2 is 2.06 bits per heavy atom. The van der Waals surface area contributed by atoms with Gasteiger partial charge in [0.25, 0.3) is 0 Å². The fourth-order valence-electron chi connectivity index (χ4n) is 1.12. The summed E-state index contributed by atoms with van der Waals surface area (Å²) in [5, 5.41) is 8.51. The number of benzene rings is 1. The van der Waals surface area contributed by atoms with E-state index in [2.05, 4.69) is 0 Å². The van der Waals surface area contributed by atoms with Gasteiger partial charge in [0.2, 0.25) is 0 Å². The lowest BCUT2D eigenvalue weighted by Gasteiger charge is -2.02. The van der Waals surface area contributed by atoms with Crippen LogP contribution in [0.5, 0.6) is 0 Å². The minimum absolute atomic E-state index is 0.00512. The van der Waals surface area contributed by atoms with Gasteiger partial charge < -0.3 is 15.6 Å². The molecule has 0 bridgehead atoms. The fraction of sp³-hybridized carbons (Fsp3) is 0.250. The van der Waals surface area contributed by atoms with Gasteiger partial charge in [-0.2, -0.15) is 0 Å². The molecule has 0 unspecified atom stereocenters. The van der Waals surface area contributed by atoms with Crippen LogP contribution in [0, 0.1) is 0 Å². The zero-order valence-corrected chi connectivity index (χ0v) is 8.93. The number of nitrogens with two attached hydrogens (primary N) is 1. The molecule has 0 heterocycles. The highest BCUT2D eigenvalue weighted by molar-refractivity contribution is 5.90. The molecule has 0 aliphatic rings. The van der Waals surface area contributed by atoms with E-state index in [1.165, 1.54) is 6.08 Å². The van der Waals surface area contributed by atoms with Crippen LogP contribution in [0.25, 0.3) is 5.70 Å². The number of ether oxygens (including phenoxy) is 1. The minimum atomic E-state index is -0.491. The maximum absolute atomic E-state index is 11.2. The lowest BCUT2D eigenvalue weighted by atomic mass is 10.1. The third kappa shape index (κ3) is 4.14. The van der Waals surface area contributed by atoms with E-state index >= 15 is 0 Å². The van der Waals surface area contributed by atoms with Crippen molar-refractivity contribution in [3.63, 3.8) is 0 Å². The second-order valence-corrected chi connectivity index (χ2v) is 3.21. The predicted molar refractivity (Wildman–Crippen MR) is 61.3 cm³/mol. The summed E-state index contributed by atoms with van der Waals surface area (Å²) in [5.74, 6) is -0.491. The molecular formula is C12H15NO3. The highest BCUT2D eigenvalue weighted by Crippen LogP contribution is 2.07. The van der Waals surface area contributed by atoms with Gasteiger partial charge in [0.15, 0.2) is 0 Å². The smallest absolute Gasteiger partial charge is 0.332 e. The Morgan fingerprint density at radius 1 is 1.38 bits per heavy atom. The van der Waals surface area contributed by atoms with E-state index in [0.29, 0.717) is 12.1 Å². The molecule has 86 valence electrons. The van der Waals surface area contributed by atoms with Crippen LogP contribution in [0.2, 0.25) is 0 Å². The van der Waals surface area contributed by atoms with E-state index in [1.807, 2.05) is 30.3 Å². The van der Waals surface area contributed by atoms with Gasteiger partial charge in [-0.05, 0) is 5.56 Å². The average molecular weight is 221 g/mol. The molecule has 0 saturated heterocycles. The van der Waals surface area contributed by atoms with E-state index in [9.17, 15) is 4.79 Å². The van der Waals surface area contributed by atoms with E-state index in [-0.39, 0.29) is 13.2 Å². The highest BCUT2D eigenvalue weighted by atomic mass is 16.5. The topological polar surface area (TPSA) is 72.6 Å². The molecule has 0 radical (unpaired) electrons. The number of aliphatic hydroxyl groups is 1. The van der Waals surface area contributed by atoms with Crippen LogP contribution < -0.4 is 5.73 Å². The fourth-order valence-corrected chi connectivity index (χ4v) is 1.12. The molecule has 0 fully saturated rings. The third-order valence-electron chi connectivity index (χ3n) is 1.93. The van der Waals surface area contributed by atoms with Crippen LogP contribution in [0.1, 0.15) is 12.0 Å². The van der Waals surface area contributed by atoms with Crippen molar-refractivity contribution in [2.24, 2.45) is 5.73 Å². The molecule has 4 heteroatoms. The molecular weight excluding hydrogens is 206 g/mol. The monoisotopic (exact) mass is 221 g/mol. The van der Waals surface area contributed by atoms with Gasteiger partial charge >= 0.3 is 5.97 Å². The van der Waals surface area contributed by atoms with Crippen molar-refractivity contribution in [3.8, 4) is 0 Å². The van der Waals surface area contributed by atoms with E-state index < -0.39 is 5.97 Å². The summed E-state index contributed by atoms with van der Waals surface area (Å²) < 4.78 is 4.82. The third-order valence-corrected chi connectivity index (χ3v) is 1.93. The Bertz CT molecular complexity index is 360. The summed E-state index contributed by atoms with van der Waals surface area (Å²) >= 11 is 0. The molecule has 0 aliphatic heterocycles. The zero-order valence-electron chi connectivity index (χ0n) is 8.93. The second-order valence-electron chi connectivity index (χ2n) is 3.21. The first-order valence-electron chi connectivity index (χ1n) is 5.04. The number of hydrogen-bond donors (Lipinski definition) is 2. The van der Waals surface area contributed by atoms with Crippen LogP contribution in [0.3, 0.4) is 0 Å². The standard InChI is InChI=1S/C12H15NO3/c13-11(10-5-2-1-3-6-10)9-12(15)16-8-4-7-14/h1-3,5-6,9,14H,4,7-8,13H2/b11-9-. The molecule has 1 aromatic carbocycles. The van der Waals surface area contributed by atoms with Crippen molar-refractivity contribution in [2.45, 2.75) is 6.42 Å². The van der Waals surface area contributed by atoms with Crippen molar-refractivity contribution in [3.05, 3.63) is 42.0 Å². The normalized spacial score (nSPS) is 11.2. The van der Waals surface area contributed by atoms with E-state index in [0.717, 1.165) is 5.56 Å². The van der Waals surface area contributed by atoms with Gasteiger partial charge in [-0.1, -0.05) is 30.3 Å². The Morgan fingerprint density at radius 3 is 2.69 bits per heavy atom. The molecule has 0 spiro atoms. The molecule has 1 rings (SSSR count). The molecule has 0 aromatic heterocycles. The second kappa shape index (κ2) is 6.63. The Labute approximate surface area is 94.3 Å². The van der Waals surface area contributed by atoms with Crippen molar-refractivity contribution in [1.82, 2.24) is 0 Å². The maximum Gasteiger partial charge on any atom is 0.332 e. The van der Waals surface area contributed by atoms with Gasteiger partial charge in [0, 0.05) is 24.8 Å². The first-order chi connectivity index (χ1) is 7.74. The van der Waals surface area contributed by atoms with Gasteiger partial charge in [-0.25, -0.2) is 4.79 Å². The maximum atomic E-state index is 11.2. The number of hydrogen-bond acceptors (Lipinski definition) is 4. The summed E-state index contributed by atoms with van der Waals surface area (Å²) in [5.41, 5.74) is 6.86. The molecule has 3 N–H and O–H groups in total. The summed E-state index contributed by atoms with van der Waals surface area (Å²) in [4.78, 5) is 11.2. The number of aliphatic hydroxyl groups excluding tert-OH is 1. The first-order valence-corrected chi connectivity index (χ1v) is 5.04. The first kappa shape index (κ1) is 12.3. The summed E-state index contributed by atoms with van der Waals surface area (Å²) in [6.45, 7) is 0.207. The number of carbonyl (C=O) groups is 1. The van der Waals surface area contributed by atoms with Crippen LogP contribution in [0.15, 0.2) is 36.4 Å². The molecule has 4 nitrogen and oxygen atoms in total. The number of carbonyl (C=O) groups excluding carboxylic acids is 1. The van der Waals surface area contributed by atoms with Gasteiger partial charge in [-0.3, -0.25) is 0 Å². The zero-order chi connectivity index (χ0) is 11.8. The summed E-state index contributed by atoms with van der Waals surface area (Å²) in [6, 6.07) is 9.18. The Hall–Kier alpha value is -1.81. The van der Waals surface area contributed by atoms with E-state index in [1.54, 1.807) is 0 Å². The largest absolute Gasteiger partial charge is 0.462 e. The van der Waals surface area contributed by atoms with Crippen molar-refractivity contribution in [1.29, 1.82) is 0 Å². The molecule has 16 heavy (non-hydrogen) atoms. The van der Waals surface area contributed by atoms with Crippen molar-refractivity contribution < 1.29 is 14.6 Å². The Kier molecular flexibility index (Phi) is 5.08. The lowest BCUT2D eigenvalue weighted by Crippen LogP contribution is -2.07. The van der Waals surface area contributed by atoms with Gasteiger partial charge in [-0.15, -0.1) is 0 Å². The predicted octanol–water partition coefficient (Wildman–Crippen LogP) is 0.912. The van der Waals surface area contributed by atoms with Crippen LogP contribution in [-0.2, 0) is 9.53 Å². The van der Waals surface area contributed by atoms with Crippen LogP contribution >= 0.6 is 0 Å². The average Bonchev–Trinajstić information content (AvgIpc) is 2.30. The Balaban J connectivity index is 2.53. The molecule has 0 atom stereocenters. The highest BCUT2D eigenvalue weighted by Gasteiger charge is 2.01. The molecule has 0 saturated carbocycles. The molecule has 0 amide bonds. The number of esters is 1. The lowest BCUT2D eigenvalue weighted by molar-refractivity contribution is -0.137. The number of rotatable bonds is 5. The van der Waals surface area contributed by atoms with Crippen molar-refractivity contribution >= 4 is 11.7 Å². The van der Waals surface area contributed by atoms with E-state index in [4.69, 9.17) is 15.6 Å². The quantitative estimate of drug-likeness (QED) is 0.440. The van der Waals surface area contributed by atoms with Crippen LogP contribution in [0.4, 0.5) is 0 Å². The van der Waals surface area contributed by atoms with Crippen molar-refractivity contribution in [2.75, 3.05) is 13.2 Å². The summed E-state index contributed by atoms with van der Waals surface area (Å²) in [7, 11) is 0. The summed E-state index contributed by atoms with van der Waals surface area (Å²) in [6.07, 6.45) is 1.68.